The topological polar surface area (TPSA) is 134 Å². The van der Waals surface area contributed by atoms with Crippen LogP contribution in [0.5, 0.6) is 0 Å². The van der Waals surface area contributed by atoms with Crippen molar-refractivity contribution in [1.29, 1.82) is 0 Å². The predicted molar refractivity (Wildman–Crippen MR) is 88.6 cm³/mol. The number of carbonyl (C=O) groups is 3. The van der Waals surface area contributed by atoms with Gasteiger partial charge in [0.05, 0.1) is 17.6 Å². The summed E-state index contributed by atoms with van der Waals surface area (Å²) in [5.74, 6) is -3.39. The molecule has 0 aromatic carbocycles. The summed E-state index contributed by atoms with van der Waals surface area (Å²) in [5, 5.41) is 2.68. The number of thiocarbonyl (C=S) groups is 1. The summed E-state index contributed by atoms with van der Waals surface area (Å²) in [7, 11) is 0. The Morgan fingerprint density at radius 2 is 1.91 bits per heavy atom. The number of ether oxygens (including phenoxy) is 2. The first-order valence-corrected chi connectivity index (χ1v) is 7.82. The highest BCUT2D eigenvalue weighted by Gasteiger charge is 2.28. The van der Waals surface area contributed by atoms with Gasteiger partial charge < -0.3 is 26.3 Å². The average molecular weight is 347 g/mol. The maximum atomic E-state index is 11.8. The molecule has 0 aliphatic carbocycles. The number of ketones is 1. The van der Waals surface area contributed by atoms with E-state index in [1.807, 2.05) is 13.8 Å². The molecule has 132 valence electrons. The van der Waals surface area contributed by atoms with Crippen molar-refractivity contribution in [2.24, 2.45) is 17.4 Å². The Hall–Kier alpha value is -1.42. The van der Waals surface area contributed by atoms with E-state index < -0.39 is 23.6 Å². The molecular formula is C14H25N3O5S. The third-order valence-corrected chi connectivity index (χ3v) is 3.21. The molecule has 0 bridgehead atoms. The first kappa shape index (κ1) is 21.6. The zero-order valence-electron chi connectivity index (χ0n) is 13.5. The number of carbonyl (C=O) groups excluding carboxylic acids is 3. The van der Waals surface area contributed by atoms with Gasteiger partial charge in [0.25, 0.3) is 0 Å². The fourth-order valence-corrected chi connectivity index (χ4v) is 2.09. The predicted octanol–water partition coefficient (Wildman–Crippen LogP) is -0.719. The van der Waals surface area contributed by atoms with Gasteiger partial charge in [0.2, 0.25) is 0 Å². The lowest BCUT2D eigenvalue weighted by Gasteiger charge is -2.14. The average Bonchev–Trinajstić information content (AvgIpc) is 2.49. The van der Waals surface area contributed by atoms with E-state index in [2.05, 4.69) is 10.1 Å². The number of hydrogen-bond acceptors (Lipinski definition) is 8. The lowest BCUT2D eigenvalue weighted by molar-refractivity contribution is -0.162. The second-order valence-corrected chi connectivity index (χ2v) is 5.33. The Morgan fingerprint density at radius 3 is 2.43 bits per heavy atom. The molecule has 0 aliphatic heterocycles. The highest BCUT2D eigenvalue weighted by atomic mass is 32.1. The van der Waals surface area contributed by atoms with E-state index in [0.29, 0.717) is 18.0 Å². The van der Waals surface area contributed by atoms with Crippen molar-refractivity contribution in [2.75, 3.05) is 26.2 Å². The van der Waals surface area contributed by atoms with Crippen LogP contribution in [0, 0.1) is 5.92 Å². The molecular weight excluding hydrogens is 322 g/mol. The number of esters is 2. The van der Waals surface area contributed by atoms with E-state index in [-0.39, 0.29) is 32.2 Å². The first-order chi connectivity index (χ1) is 10.8. The number of hydrogen-bond donors (Lipinski definition) is 3. The fourth-order valence-electron chi connectivity index (χ4n) is 1.79. The summed E-state index contributed by atoms with van der Waals surface area (Å²) in [6, 6.07) is 0. The maximum absolute atomic E-state index is 11.8. The third kappa shape index (κ3) is 9.34. The van der Waals surface area contributed by atoms with Gasteiger partial charge in [-0.3, -0.25) is 9.59 Å². The minimum atomic E-state index is -1.11. The first-order valence-electron chi connectivity index (χ1n) is 7.41. The third-order valence-electron chi connectivity index (χ3n) is 2.90. The molecule has 0 saturated carbocycles. The van der Waals surface area contributed by atoms with Crippen molar-refractivity contribution >= 4 is 34.9 Å². The number of rotatable bonds is 11. The normalized spacial score (nSPS) is 13.0. The van der Waals surface area contributed by atoms with Gasteiger partial charge in [-0.15, -0.1) is 0 Å². The van der Waals surface area contributed by atoms with E-state index in [9.17, 15) is 14.4 Å². The minimum absolute atomic E-state index is 0.0752. The molecule has 23 heavy (non-hydrogen) atoms. The van der Waals surface area contributed by atoms with Crippen LogP contribution >= 0.6 is 12.2 Å². The Kier molecular flexibility index (Phi) is 11.3. The second-order valence-electron chi connectivity index (χ2n) is 4.84. The van der Waals surface area contributed by atoms with Crippen molar-refractivity contribution in [2.45, 2.75) is 32.8 Å². The SMILES string of the molecule is CCOC(C)CC(=S)NCC(=O)OC(=O)C(CCN)C(=O)CN. The van der Waals surface area contributed by atoms with Crippen molar-refractivity contribution in [3.8, 4) is 0 Å². The quantitative estimate of drug-likeness (QED) is 0.251. The van der Waals surface area contributed by atoms with E-state index in [1.165, 1.54) is 0 Å². The molecule has 0 spiro atoms. The van der Waals surface area contributed by atoms with Crippen LogP contribution in [-0.4, -0.2) is 55.1 Å². The van der Waals surface area contributed by atoms with E-state index in [1.54, 1.807) is 0 Å². The Morgan fingerprint density at radius 1 is 1.26 bits per heavy atom. The van der Waals surface area contributed by atoms with Gasteiger partial charge >= 0.3 is 11.9 Å². The van der Waals surface area contributed by atoms with Crippen LogP contribution in [0.4, 0.5) is 0 Å². The molecule has 8 nitrogen and oxygen atoms in total. The summed E-state index contributed by atoms with van der Waals surface area (Å²) in [4.78, 5) is 35.4. The molecule has 0 aromatic rings. The van der Waals surface area contributed by atoms with Gasteiger partial charge in [-0.1, -0.05) is 12.2 Å². The molecule has 0 aliphatic rings. The van der Waals surface area contributed by atoms with E-state index >= 15 is 0 Å². The molecule has 2 unspecified atom stereocenters. The largest absolute Gasteiger partial charge is 0.391 e. The van der Waals surface area contributed by atoms with E-state index in [4.69, 9.17) is 28.4 Å². The molecule has 0 rings (SSSR count). The van der Waals surface area contributed by atoms with Crippen LogP contribution in [0.15, 0.2) is 0 Å². The summed E-state index contributed by atoms with van der Waals surface area (Å²) < 4.78 is 9.95. The fraction of sp³-hybridized carbons (Fsp3) is 0.714. The lowest BCUT2D eigenvalue weighted by Crippen LogP contribution is -2.37. The van der Waals surface area contributed by atoms with Gasteiger partial charge in [-0.05, 0) is 26.8 Å². The van der Waals surface area contributed by atoms with Crippen LogP contribution in [0.2, 0.25) is 0 Å². The molecule has 0 heterocycles. The van der Waals surface area contributed by atoms with Gasteiger partial charge in [0.1, 0.15) is 12.5 Å². The van der Waals surface area contributed by atoms with Crippen LogP contribution in [-0.2, 0) is 23.9 Å². The van der Waals surface area contributed by atoms with Gasteiger partial charge in [0, 0.05) is 13.0 Å². The Balaban J connectivity index is 4.29. The van der Waals surface area contributed by atoms with Gasteiger partial charge in [-0.25, -0.2) is 4.79 Å². The van der Waals surface area contributed by atoms with E-state index in [0.717, 1.165) is 0 Å². The lowest BCUT2D eigenvalue weighted by atomic mass is 10.0. The molecule has 0 aromatic heterocycles. The Labute approximate surface area is 141 Å². The molecule has 0 radical (unpaired) electrons. The smallest absolute Gasteiger partial charge is 0.332 e. The summed E-state index contributed by atoms with van der Waals surface area (Å²) >= 11 is 5.06. The molecule has 9 heteroatoms. The molecule has 0 amide bonds. The highest BCUT2D eigenvalue weighted by molar-refractivity contribution is 7.80. The Bertz CT molecular complexity index is 431. The number of nitrogens with two attached hydrogens (primary N) is 2. The van der Waals surface area contributed by atoms with Crippen LogP contribution in [0.3, 0.4) is 0 Å². The molecule has 0 fully saturated rings. The monoisotopic (exact) mass is 347 g/mol. The number of nitrogens with one attached hydrogen (secondary N) is 1. The van der Waals surface area contributed by atoms with Crippen LogP contribution in [0.1, 0.15) is 26.7 Å². The highest BCUT2D eigenvalue weighted by Crippen LogP contribution is 2.06. The maximum Gasteiger partial charge on any atom is 0.332 e. The molecule has 2 atom stereocenters. The molecule has 0 saturated heterocycles. The van der Waals surface area contributed by atoms with Crippen molar-refractivity contribution in [3.05, 3.63) is 0 Å². The van der Waals surface area contributed by atoms with Crippen molar-refractivity contribution in [1.82, 2.24) is 5.32 Å². The minimum Gasteiger partial charge on any atom is -0.391 e. The van der Waals surface area contributed by atoms with Gasteiger partial charge in [0.15, 0.2) is 5.78 Å². The summed E-state index contributed by atoms with van der Waals surface area (Å²) in [6.45, 7) is 3.82. The van der Waals surface area contributed by atoms with Crippen molar-refractivity contribution < 1.29 is 23.9 Å². The van der Waals surface area contributed by atoms with Crippen LogP contribution in [0.25, 0.3) is 0 Å². The molecule has 5 N–H and O–H groups in total. The van der Waals surface area contributed by atoms with Gasteiger partial charge in [-0.2, -0.15) is 0 Å². The summed E-state index contributed by atoms with van der Waals surface area (Å²) in [6.07, 6.45) is 0.458. The standard InChI is InChI=1S/C14H25N3O5S/c1-3-21-9(2)6-12(23)17-8-13(19)22-14(20)10(4-5-15)11(18)7-16/h9-10H,3-8,15-16H2,1-2H3,(H,17,23). The zero-order chi connectivity index (χ0) is 17.8. The summed E-state index contributed by atoms with van der Waals surface area (Å²) in [5.41, 5.74) is 10.5. The second kappa shape index (κ2) is 12.1. The number of Topliss-reactive ketones (excluding diaryl/α,β-unsaturated/α-hetero) is 1. The van der Waals surface area contributed by atoms with Crippen LogP contribution < -0.4 is 16.8 Å². The zero-order valence-corrected chi connectivity index (χ0v) is 14.3. The van der Waals surface area contributed by atoms with Crippen molar-refractivity contribution in [3.63, 3.8) is 0 Å².